The Balaban J connectivity index is 1.81. The molecule has 2 rings (SSSR count). The maximum Gasteiger partial charge on any atom is 0.0519 e. The van der Waals surface area contributed by atoms with Gasteiger partial charge in [0.15, 0.2) is 0 Å². The Morgan fingerprint density at radius 1 is 1.12 bits per heavy atom. The molecular formula is C13H26N2O2. The summed E-state index contributed by atoms with van der Waals surface area (Å²) < 4.78 is 0. The first-order valence-corrected chi connectivity index (χ1v) is 6.85. The van der Waals surface area contributed by atoms with E-state index in [0.29, 0.717) is 6.04 Å². The third-order valence-electron chi connectivity index (χ3n) is 4.27. The summed E-state index contributed by atoms with van der Waals surface area (Å²) >= 11 is 0. The van der Waals surface area contributed by atoms with Crippen LogP contribution in [0.2, 0.25) is 0 Å². The largest absolute Gasteiger partial charge is 0.396 e. The van der Waals surface area contributed by atoms with Crippen molar-refractivity contribution in [1.29, 1.82) is 0 Å². The Labute approximate surface area is 104 Å². The van der Waals surface area contributed by atoms with Crippen molar-refractivity contribution in [3.8, 4) is 0 Å². The molecule has 1 unspecified atom stereocenters. The van der Waals surface area contributed by atoms with Gasteiger partial charge < -0.3 is 15.1 Å². The summed E-state index contributed by atoms with van der Waals surface area (Å²) in [5.74, 6) is 0. The van der Waals surface area contributed by atoms with E-state index < -0.39 is 0 Å². The molecule has 0 aromatic rings. The maximum absolute atomic E-state index is 9.33. The van der Waals surface area contributed by atoms with Gasteiger partial charge in [-0.15, -0.1) is 0 Å². The molecule has 0 radical (unpaired) electrons. The van der Waals surface area contributed by atoms with E-state index in [1.54, 1.807) is 0 Å². The highest BCUT2D eigenvalue weighted by molar-refractivity contribution is 4.88. The van der Waals surface area contributed by atoms with Crippen molar-refractivity contribution in [1.82, 2.24) is 9.80 Å². The van der Waals surface area contributed by atoms with Crippen molar-refractivity contribution in [2.45, 2.75) is 32.2 Å². The minimum absolute atomic E-state index is 0.0639. The number of rotatable bonds is 5. The van der Waals surface area contributed by atoms with Gasteiger partial charge in [0, 0.05) is 24.5 Å². The van der Waals surface area contributed by atoms with Gasteiger partial charge in [0.2, 0.25) is 0 Å². The minimum atomic E-state index is -0.347. The molecule has 0 bridgehead atoms. The van der Waals surface area contributed by atoms with E-state index in [4.69, 9.17) is 0 Å². The fourth-order valence-electron chi connectivity index (χ4n) is 3.05. The van der Waals surface area contributed by atoms with Crippen molar-refractivity contribution in [2.75, 3.05) is 45.9 Å². The van der Waals surface area contributed by atoms with Gasteiger partial charge in [0.05, 0.1) is 13.2 Å². The van der Waals surface area contributed by atoms with Crippen LogP contribution in [0.5, 0.6) is 0 Å². The Hall–Kier alpha value is -0.160. The number of likely N-dealkylation sites (tertiary alicyclic amines) is 2. The number of nitrogens with zero attached hydrogens (tertiary/aromatic N) is 2. The second-order valence-electron chi connectivity index (χ2n) is 6.05. The van der Waals surface area contributed by atoms with E-state index in [0.717, 1.165) is 19.6 Å². The summed E-state index contributed by atoms with van der Waals surface area (Å²) in [6.45, 7) is 7.63. The van der Waals surface area contributed by atoms with E-state index in [9.17, 15) is 10.2 Å². The van der Waals surface area contributed by atoms with Crippen LogP contribution in [0.25, 0.3) is 0 Å². The highest BCUT2D eigenvalue weighted by Crippen LogP contribution is 2.24. The predicted molar refractivity (Wildman–Crippen MR) is 67.9 cm³/mol. The quantitative estimate of drug-likeness (QED) is 0.720. The van der Waals surface area contributed by atoms with Gasteiger partial charge in [0.1, 0.15) is 0 Å². The fourth-order valence-corrected chi connectivity index (χ4v) is 3.05. The van der Waals surface area contributed by atoms with E-state index in [-0.39, 0.29) is 18.6 Å². The molecule has 2 aliphatic rings. The first kappa shape index (κ1) is 13.3. The molecule has 2 aliphatic heterocycles. The molecule has 17 heavy (non-hydrogen) atoms. The molecule has 4 heteroatoms. The molecule has 0 saturated carbocycles. The van der Waals surface area contributed by atoms with Crippen LogP contribution in [-0.4, -0.2) is 72.0 Å². The lowest BCUT2D eigenvalue weighted by atomic mass is 9.92. The number of hydrogen-bond acceptors (Lipinski definition) is 4. The van der Waals surface area contributed by atoms with Crippen LogP contribution < -0.4 is 0 Å². The molecule has 2 fully saturated rings. The van der Waals surface area contributed by atoms with Crippen molar-refractivity contribution in [2.24, 2.45) is 5.41 Å². The Bertz CT molecular complexity index is 238. The molecule has 0 spiro atoms. The summed E-state index contributed by atoms with van der Waals surface area (Å²) in [4.78, 5) is 5.00. The van der Waals surface area contributed by atoms with E-state index in [2.05, 4.69) is 9.80 Å². The normalized spacial score (nSPS) is 28.1. The van der Waals surface area contributed by atoms with Crippen LogP contribution in [0.4, 0.5) is 0 Å². The average molecular weight is 242 g/mol. The first-order chi connectivity index (χ1) is 8.17. The average Bonchev–Trinajstić information content (AvgIpc) is 2.98. The van der Waals surface area contributed by atoms with Crippen LogP contribution in [0.1, 0.15) is 26.2 Å². The maximum atomic E-state index is 9.33. The van der Waals surface area contributed by atoms with Gasteiger partial charge in [-0.1, -0.05) is 6.92 Å². The summed E-state index contributed by atoms with van der Waals surface area (Å²) in [6.07, 6.45) is 3.94. The lowest BCUT2D eigenvalue weighted by molar-refractivity contribution is 0.0396. The Kier molecular flexibility index (Phi) is 4.42. The lowest BCUT2D eigenvalue weighted by Gasteiger charge is -2.31. The lowest BCUT2D eigenvalue weighted by Crippen LogP contribution is -2.41. The number of aliphatic hydroxyl groups is 2. The number of aliphatic hydroxyl groups excluding tert-OH is 2. The van der Waals surface area contributed by atoms with Crippen LogP contribution in [0, 0.1) is 5.41 Å². The third kappa shape index (κ3) is 3.19. The second-order valence-corrected chi connectivity index (χ2v) is 6.05. The highest BCUT2D eigenvalue weighted by atomic mass is 16.3. The molecule has 0 aliphatic carbocycles. The zero-order valence-electron chi connectivity index (χ0n) is 10.9. The topological polar surface area (TPSA) is 46.9 Å². The van der Waals surface area contributed by atoms with Crippen molar-refractivity contribution in [3.05, 3.63) is 0 Å². The third-order valence-corrected chi connectivity index (χ3v) is 4.27. The summed E-state index contributed by atoms with van der Waals surface area (Å²) in [5.41, 5.74) is -0.347. The molecule has 0 aromatic carbocycles. The van der Waals surface area contributed by atoms with Crippen LogP contribution in [-0.2, 0) is 0 Å². The zero-order chi connectivity index (χ0) is 12.3. The van der Waals surface area contributed by atoms with Gasteiger partial charge in [-0.2, -0.15) is 0 Å². The smallest absolute Gasteiger partial charge is 0.0519 e. The van der Waals surface area contributed by atoms with Crippen LogP contribution in [0.15, 0.2) is 0 Å². The van der Waals surface area contributed by atoms with Crippen LogP contribution >= 0.6 is 0 Å². The summed E-state index contributed by atoms with van der Waals surface area (Å²) in [6, 6.07) is 0.708. The standard InChI is InChI=1S/C13H26N2O2/c1-13(10-16,11-17)9-14-7-4-12(8-14)15-5-2-3-6-15/h12,16-17H,2-11H2,1H3. The van der Waals surface area contributed by atoms with Crippen molar-refractivity contribution in [3.63, 3.8) is 0 Å². The molecule has 0 amide bonds. The van der Waals surface area contributed by atoms with Gasteiger partial charge in [-0.25, -0.2) is 0 Å². The highest BCUT2D eigenvalue weighted by Gasteiger charge is 2.33. The summed E-state index contributed by atoms with van der Waals surface area (Å²) in [7, 11) is 0. The first-order valence-electron chi connectivity index (χ1n) is 6.85. The van der Waals surface area contributed by atoms with E-state index >= 15 is 0 Å². The van der Waals surface area contributed by atoms with Gasteiger partial charge in [-0.3, -0.25) is 4.90 Å². The minimum Gasteiger partial charge on any atom is -0.396 e. The monoisotopic (exact) mass is 242 g/mol. The Morgan fingerprint density at radius 2 is 1.76 bits per heavy atom. The summed E-state index contributed by atoms with van der Waals surface area (Å²) in [5, 5.41) is 18.7. The van der Waals surface area contributed by atoms with Gasteiger partial charge >= 0.3 is 0 Å². The molecule has 1 atom stereocenters. The van der Waals surface area contributed by atoms with Crippen molar-refractivity contribution < 1.29 is 10.2 Å². The molecule has 0 aromatic heterocycles. The SMILES string of the molecule is CC(CO)(CO)CN1CCC(N2CCCC2)C1. The molecular weight excluding hydrogens is 216 g/mol. The van der Waals surface area contributed by atoms with Gasteiger partial charge in [-0.05, 0) is 38.9 Å². The zero-order valence-corrected chi connectivity index (χ0v) is 10.9. The molecule has 2 saturated heterocycles. The number of hydrogen-bond donors (Lipinski definition) is 2. The Morgan fingerprint density at radius 3 is 2.35 bits per heavy atom. The van der Waals surface area contributed by atoms with Gasteiger partial charge in [0.25, 0.3) is 0 Å². The molecule has 4 nitrogen and oxygen atoms in total. The fraction of sp³-hybridized carbons (Fsp3) is 1.00. The second kappa shape index (κ2) is 5.65. The molecule has 2 N–H and O–H groups in total. The van der Waals surface area contributed by atoms with E-state index in [1.165, 1.54) is 32.4 Å². The van der Waals surface area contributed by atoms with E-state index in [1.807, 2.05) is 6.92 Å². The molecule has 100 valence electrons. The van der Waals surface area contributed by atoms with Crippen LogP contribution in [0.3, 0.4) is 0 Å². The molecule has 2 heterocycles. The predicted octanol–water partition coefficient (Wildman–Crippen LogP) is 0.147. The van der Waals surface area contributed by atoms with Crippen molar-refractivity contribution >= 4 is 0 Å².